The van der Waals surface area contributed by atoms with E-state index in [0.29, 0.717) is 24.0 Å². The Morgan fingerprint density at radius 2 is 1.76 bits per heavy atom. The van der Waals surface area contributed by atoms with Crippen molar-refractivity contribution in [2.24, 2.45) is 5.92 Å². The Balaban J connectivity index is 1.91. The highest BCUT2D eigenvalue weighted by atomic mass is 35.5. The van der Waals surface area contributed by atoms with Gasteiger partial charge in [0.1, 0.15) is 11.5 Å². The highest BCUT2D eigenvalue weighted by Crippen LogP contribution is 2.26. The highest BCUT2D eigenvalue weighted by molar-refractivity contribution is 6.32. The maximum Gasteiger partial charge on any atom is 0.262 e. The van der Waals surface area contributed by atoms with Crippen LogP contribution in [0.2, 0.25) is 5.02 Å². The lowest BCUT2D eigenvalue weighted by atomic mass is 10.1. The molecule has 0 saturated carbocycles. The van der Waals surface area contributed by atoms with Crippen molar-refractivity contribution in [1.82, 2.24) is 0 Å². The molecule has 0 unspecified atom stereocenters. The van der Waals surface area contributed by atoms with Crippen LogP contribution in [0.5, 0.6) is 11.5 Å². The Kier molecular flexibility index (Phi) is 6.71. The number of hydrogen-bond acceptors (Lipinski definition) is 3. The Morgan fingerprint density at radius 1 is 1.08 bits per heavy atom. The zero-order chi connectivity index (χ0) is 18.4. The number of carbonyl (C=O) groups excluding carboxylic acids is 1. The van der Waals surface area contributed by atoms with E-state index in [4.69, 9.17) is 21.1 Å². The molecule has 134 valence electrons. The fraction of sp³-hybridized carbons (Fsp3) is 0.350. The molecule has 0 aliphatic rings. The SMILES string of the molecule is Cc1cc(OCC(=O)Nc2cccc(OCC(C)C)c2)cc(C)c1Cl. The second-order valence-corrected chi connectivity index (χ2v) is 6.82. The average molecular weight is 362 g/mol. The molecule has 0 aromatic heterocycles. The van der Waals surface area contributed by atoms with Crippen molar-refractivity contribution in [2.75, 3.05) is 18.5 Å². The molecule has 2 rings (SSSR count). The van der Waals surface area contributed by atoms with Gasteiger partial charge in [-0.2, -0.15) is 0 Å². The lowest BCUT2D eigenvalue weighted by Crippen LogP contribution is -2.20. The molecular weight excluding hydrogens is 338 g/mol. The number of nitrogens with one attached hydrogen (secondary N) is 1. The van der Waals surface area contributed by atoms with Crippen LogP contribution in [0.1, 0.15) is 25.0 Å². The van der Waals surface area contributed by atoms with Crippen molar-refractivity contribution in [3.63, 3.8) is 0 Å². The van der Waals surface area contributed by atoms with E-state index in [-0.39, 0.29) is 12.5 Å². The second kappa shape index (κ2) is 8.77. The predicted octanol–water partition coefficient (Wildman–Crippen LogP) is 5.01. The zero-order valence-electron chi connectivity index (χ0n) is 15.1. The summed E-state index contributed by atoms with van der Waals surface area (Å²) in [7, 11) is 0. The first-order valence-electron chi connectivity index (χ1n) is 8.27. The van der Waals surface area contributed by atoms with Crippen LogP contribution in [0, 0.1) is 19.8 Å². The lowest BCUT2D eigenvalue weighted by Gasteiger charge is -2.12. The fourth-order valence-electron chi connectivity index (χ4n) is 2.26. The van der Waals surface area contributed by atoms with E-state index in [1.165, 1.54) is 0 Å². The number of benzene rings is 2. The number of halogens is 1. The molecule has 0 atom stereocenters. The Hall–Kier alpha value is -2.20. The zero-order valence-corrected chi connectivity index (χ0v) is 15.8. The average Bonchev–Trinajstić information content (AvgIpc) is 2.56. The lowest BCUT2D eigenvalue weighted by molar-refractivity contribution is -0.118. The van der Waals surface area contributed by atoms with E-state index in [0.717, 1.165) is 21.9 Å². The molecule has 1 N–H and O–H groups in total. The van der Waals surface area contributed by atoms with Crippen molar-refractivity contribution < 1.29 is 14.3 Å². The molecular formula is C20H24ClNO3. The molecule has 0 radical (unpaired) electrons. The van der Waals surface area contributed by atoms with Crippen LogP contribution in [0.15, 0.2) is 36.4 Å². The molecule has 0 bridgehead atoms. The largest absolute Gasteiger partial charge is 0.493 e. The molecule has 0 aliphatic carbocycles. The van der Waals surface area contributed by atoms with Gasteiger partial charge in [0, 0.05) is 16.8 Å². The van der Waals surface area contributed by atoms with Crippen molar-refractivity contribution in [3.8, 4) is 11.5 Å². The highest BCUT2D eigenvalue weighted by Gasteiger charge is 2.08. The molecule has 0 heterocycles. The molecule has 0 fully saturated rings. The predicted molar refractivity (Wildman–Crippen MR) is 102 cm³/mol. The van der Waals surface area contributed by atoms with Gasteiger partial charge in [-0.15, -0.1) is 0 Å². The third kappa shape index (κ3) is 5.98. The third-order valence-corrected chi connectivity index (χ3v) is 4.08. The molecule has 2 aromatic carbocycles. The van der Waals surface area contributed by atoms with Gasteiger partial charge >= 0.3 is 0 Å². The minimum absolute atomic E-state index is 0.0718. The summed E-state index contributed by atoms with van der Waals surface area (Å²) < 4.78 is 11.2. The van der Waals surface area contributed by atoms with Gasteiger partial charge in [0.2, 0.25) is 0 Å². The number of carbonyl (C=O) groups is 1. The number of hydrogen-bond donors (Lipinski definition) is 1. The van der Waals surface area contributed by atoms with Gasteiger partial charge in [-0.1, -0.05) is 31.5 Å². The van der Waals surface area contributed by atoms with Gasteiger partial charge in [-0.05, 0) is 55.2 Å². The van der Waals surface area contributed by atoms with Crippen molar-refractivity contribution in [1.29, 1.82) is 0 Å². The first kappa shape index (κ1) is 19.1. The Bertz CT molecular complexity index is 720. The molecule has 4 nitrogen and oxygen atoms in total. The summed E-state index contributed by atoms with van der Waals surface area (Å²) in [6.45, 7) is 8.55. The maximum atomic E-state index is 12.1. The van der Waals surface area contributed by atoms with Gasteiger partial charge in [0.05, 0.1) is 6.61 Å². The van der Waals surface area contributed by atoms with Gasteiger partial charge in [0.15, 0.2) is 6.61 Å². The van der Waals surface area contributed by atoms with Crippen LogP contribution in [-0.2, 0) is 4.79 Å². The van der Waals surface area contributed by atoms with Crippen LogP contribution < -0.4 is 14.8 Å². The van der Waals surface area contributed by atoms with Gasteiger partial charge in [-0.25, -0.2) is 0 Å². The fourth-order valence-corrected chi connectivity index (χ4v) is 2.37. The number of rotatable bonds is 7. The molecule has 0 saturated heterocycles. The summed E-state index contributed by atoms with van der Waals surface area (Å²) in [4.78, 5) is 12.1. The van der Waals surface area contributed by atoms with Crippen molar-refractivity contribution in [2.45, 2.75) is 27.7 Å². The summed E-state index contributed by atoms with van der Waals surface area (Å²) in [5.74, 6) is 1.57. The van der Waals surface area contributed by atoms with Crippen LogP contribution in [0.3, 0.4) is 0 Å². The van der Waals surface area contributed by atoms with E-state index in [1.54, 1.807) is 6.07 Å². The second-order valence-electron chi connectivity index (χ2n) is 6.44. The van der Waals surface area contributed by atoms with E-state index in [1.807, 2.05) is 44.2 Å². The number of anilines is 1. The number of ether oxygens (including phenoxy) is 2. The van der Waals surface area contributed by atoms with E-state index in [9.17, 15) is 4.79 Å². The minimum Gasteiger partial charge on any atom is -0.493 e. The first-order valence-corrected chi connectivity index (χ1v) is 8.65. The van der Waals surface area contributed by atoms with Crippen LogP contribution in [0.25, 0.3) is 0 Å². The summed E-state index contributed by atoms with van der Waals surface area (Å²) >= 11 is 6.13. The van der Waals surface area contributed by atoms with Crippen LogP contribution in [-0.4, -0.2) is 19.1 Å². The van der Waals surface area contributed by atoms with Gasteiger partial charge < -0.3 is 14.8 Å². The number of aryl methyl sites for hydroxylation is 2. The molecule has 1 amide bonds. The monoisotopic (exact) mass is 361 g/mol. The van der Waals surface area contributed by atoms with E-state index < -0.39 is 0 Å². The minimum atomic E-state index is -0.230. The molecule has 0 aliphatic heterocycles. The van der Waals surface area contributed by atoms with Crippen LogP contribution >= 0.6 is 11.6 Å². The quantitative estimate of drug-likeness (QED) is 0.754. The smallest absolute Gasteiger partial charge is 0.262 e. The van der Waals surface area contributed by atoms with Gasteiger partial charge in [-0.3, -0.25) is 4.79 Å². The Morgan fingerprint density at radius 3 is 2.40 bits per heavy atom. The summed E-state index contributed by atoms with van der Waals surface area (Å²) in [6, 6.07) is 11.0. The van der Waals surface area contributed by atoms with Crippen LogP contribution in [0.4, 0.5) is 5.69 Å². The van der Waals surface area contributed by atoms with E-state index >= 15 is 0 Å². The first-order chi connectivity index (χ1) is 11.8. The summed E-state index contributed by atoms with van der Waals surface area (Å²) in [5.41, 5.74) is 2.53. The molecule has 2 aromatic rings. The maximum absolute atomic E-state index is 12.1. The topological polar surface area (TPSA) is 47.6 Å². The molecule has 0 spiro atoms. The molecule has 25 heavy (non-hydrogen) atoms. The van der Waals surface area contributed by atoms with Crippen molar-refractivity contribution >= 4 is 23.2 Å². The summed E-state index contributed by atoms with van der Waals surface area (Å²) in [6.07, 6.45) is 0. The Labute approximate surface area is 154 Å². The normalized spacial score (nSPS) is 10.6. The molecule has 5 heteroatoms. The van der Waals surface area contributed by atoms with Crippen molar-refractivity contribution in [3.05, 3.63) is 52.5 Å². The standard InChI is InChI=1S/C20H24ClNO3/c1-13(2)11-24-17-7-5-6-16(10-17)22-19(23)12-25-18-8-14(3)20(21)15(4)9-18/h5-10,13H,11-12H2,1-4H3,(H,22,23). The summed E-state index contributed by atoms with van der Waals surface area (Å²) in [5, 5.41) is 3.53. The number of amides is 1. The van der Waals surface area contributed by atoms with Gasteiger partial charge in [0.25, 0.3) is 5.91 Å². The third-order valence-electron chi connectivity index (χ3n) is 3.48. The van der Waals surface area contributed by atoms with E-state index in [2.05, 4.69) is 19.2 Å².